The molecule has 1 N–H and O–H groups in total. The van der Waals surface area contributed by atoms with Gasteiger partial charge >= 0.3 is 0 Å². The van der Waals surface area contributed by atoms with Crippen LogP contribution < -0.4 is 0 Å². The van der Waals surface area contributed by atoms with E-state index in [-0.39, 0.29) is 11.9 Å². The van der Waals surface area contributed by atoms with Gasteiger partial charge in [-0.3, -0.25) is 14.6 Å². The normalized spacial score (nSPS) is 23.1. The molecule has 0 radical (unpaired) electrons. The van der Waals surface area contributed by atoms with Gasteiger partial charge in [-0.05, 0) is 42.0 Å². The fraction of sp³-hybridized carbons (Fsp3) is 0.409. The molecule has 160 valence electrons. The molecule has 8 heteroatoms. The molecule has 2 heterocycles. The van der Waals surface area contributed by atoms with Gasteiger partial charge in [-0.15, -0.1) is 0 Å². The summed E-state index contributed by atoms with van der Waals surface area (Å²) in [6, 6.07) is 12.6. The third-order valence-corrected chi connectivity index (χ3v) is 6.89. The van der Waals surface area contributed by atoms with E-state index < -0.39 is 6.10 Å². The lowest BCUT2D eigenvalue weighted by Gasteiger charge is -2.38. The van der Waals surface area contributed by atoms with Gasteiger partial charge in [0.15, 0.2) is 0 Å². The van der Waals surface area contributed by atoms with Crippen LogP contribution in [0.4, 0.5) is 0 Å². The standard InChI is InChI=1S/C22H24Cl3N3O2/c23-17-4-2-16(3-5-17)22(30)28-13-20(21(29)14-28)27-9-7-26(8-10-27)12-15-1-6-18(24)19(25)11-15/h1-6,11,20-21,29H,7-10,12-14H2/t20-,21-/m0/s1. The number of aliphatic hydroxyl groups is 1. The van der Waals surface area contributed by atoms with Crippen molar-refractivity contribution in [2.75, 3.05) is 39.3 Å². The van der Waals surface area contributed by atoms with E-state index in [2.05, 4.69) is 9.80 Å². The van der Waals surface area contributed by atoms with Gasteiger partial charge in [0.1, 0.15) is 0 Å². The van der Waals surface area contributed by atoms with Crippen molar-refractivity contribution in [2.45, 2.75) is 18.7 Å². The van der Waals surface area contributed by atoms with Gasteiger partial charge < -0.3 is 10.0 Å². The summed E-state index contributed by atoms with van der Waals surface area (Å²) in [5.41, 5.74) is 1.73. The zero-order valence-electron chi connectivity index (χ0n) is 16.5. The fourth-order valence-electron chi connectivity index (χ4n) is 4.22. The number of hydrogen-bond acceptors (Lipinski definition) is 4. The molecule has 2 atom stereocenters. The highest BCUT2D eigenvalue weighted by Crippen LogP contribution is 2.25. The number of carbonyl (C=O) groups is 1. The Balaban J connectivity index is 1.31. The Morgan fingerprint density at radius 1 is 0.933 bits per heavy atom. The topological polar surface area (TPSA) is 47.0 Å². The van der Waals surface area contributed by atoms with Crippen LogP contribution in [-0.2, 0) is 6.54 Å². The van der Waals surface area contributed by atoms with Crippen LogP contribution in [0.5, 0.6) is 0 Å². The summed E-state index contributed by atoms with van der Waals surface area (Å²) in [5, 5.41) is 12.4. The van der Waals surface area contributed by atoms with Crippen molar-refractivity contribution >= 4 is 40.7 Å². The van der Waals surface area contributed by atoms with Crippen molar-refractivity contribution in [2.24, 2.45) is 0 Å². The van der Waals surface area contributed by atoms with Crippen molar-refractivity contribution in [3.8, 4) is 0 Å². The van der Waals surface area contributed by atoms with Crippen LogP contribution in [0, 0.1) is 0 Å². The van der Waals surface area contributed by atoms with E-state index in [0.29, 0.717) is 33.7 Å². The summed E-state index contributed by atoms with van der Waals surface area (Å²) in [4.78, 5) is 19.2. The molecule has 2 aliphatic rings. The van der Waals surface area contributed by atoms with Crippen LogP contribution in [0.3, 0.4) is 0 Å². The Kier molecular flexibility index (Phi) is 6.88. The summed E-state index contributed by atoms with van der Waals surface area (Å²) in [6.07, 6.45) is -0.539. The second-order valence-corrected chi connectivity index (χ2v) is 9.16. The molecule has 0 aromatic heterocycles. The predicted molar refractivity (Wildman–Crippen MR) is 120 cm³/mol. The van der Waals surface area contributed by atoms with E-state index in [1.807, 2.05) is 18.2 Å². The van der Waals surface area contributed by atoms with Gasteiger partial charge in [-0.2, -0.15) is 0 Å². The smallest absolute Gasteiger partial charge is 0.253 e. The summed E-state index contributed by atoms with van der Waals surface area (Å²) in [5.74, 6) is -0.0635. The molecule has 0 aliphatic carbocycles. The Hall–Kier alpha value is -1.34. The average Bonchev–Trinajstić information content (AvgIpc) is 3.13. The number of carbonyl (C=O) groups excluding carboxylic acids is 1. The number of benzene rings is 2. The Morgan fingerprint density at radius 3 is 2.30 bits per heavy atom. The fourth-order valence-corrected chi connectivity index (χ4v) is 4.67. The van der Waals surface area contributed by atoms with Crippen LogP contribution in [0.1, 0.15) is 15.9 Å². The van der Waals surface area contributed by atoms with E-state index in [9.17, 15) is 9.90 Å². The minimum atomic E-state index is -0.539. The maximum Gasteiger partial charge on any atom is 0.253 e. The number of nitrogens with zero attached hydrogens (tertiary/aromatic N) is 3. The molecular formula is C22H24Cl3N3O2. The van der Waals surface area contributed by atoms with Gasteiger partial charge in [0.05, 0.1) is 22.2 Å². The van der Waals surface area contributed by atoms with Crippen LogP contribution in [0.25, 0.3) is 0 Å². The van der Waals surface area contributed by atoms with Crippen LogP contribution >= 0.6 is 34.8 Å². The summed E-state index contributed by atoms with van der Waals surface area (Å²) >= 11 is 18.0. The number of amides is 1. The van der Waals surface area contributed by atoms with Gasteiger partial charge in [-0.1, -0.05) is 40.9 Å². The highest BCUT2D eigenvalue weighted by molar-refractivity contribution is 6.42. The molecule has 5 nitrogen and oxygen atoms in total. The number of rotatable bonds is 4. The maximum absolute atomic E-state index is 12.8. The monoisotopic (exact) mass is 467 g/mol. The molecule has 2 aromatic rings. The van der Waals surface area contributed by atoms with E-state index in [4.69, 9.17) is 34.8 Å². The van der Waals surface area contributed by atoms with Crippen LogP contribution in [0.2, 0.25) is 15.1 Å². The minimum Gasteiger partial charge on any atom is -0.390 e. The van der Waals surface area contributed by atoms with Crippen molar-refractivity contribution in [3.63, 3.8) is 0 Å². The lowest BCUT2D eigenvalue weighted by molar-refractivity contribution is 0.0423. The van der Waals surface area contributed by atoms with Gasteiger partial charge in [0, 0.05) is 56.4 Å². The average molecular weight is 469 g/mol. The molecule has 0 spiro atoms. The number of halogens is 3. The summed E-state index contributed by atoms with van der Waals surface area (Å²) < 4.78 is 0. The lowest BCUT2D eigenvalue weighted by Crippen LogP contribution is -2.53. The maximum atomic E-state index is 12.8. The van der Waals surface area contributed by atoms with Crippen LogP contribution in [0.15, 0.2) is 42.5 Å². The van der Waals surface area contributed by atoms with Crippen molar-refractivity contribution in [1.29, 1.82) is 0 Å². The zero-order valence-corrected chi connectivity index (χ0v) is 18.7. The molecule has 2 aliphatic heterocycles. The first-order chi connectivity index (χ1) is 14.4. The van der Waals surface area contributed by atoms with E-state index in [1.165, 1.54) is 0 Å². The SMILES string of the molecule is O=C(c1ccc(Cl)cc1)N1C[C@H](O)[C@@H](N2CCN(Cc3ccc(Cl)c(Cl)c3)CC2)C1. The number of piperazine rings is 1. The molecule has 0 bridgehead atoms. The highest BCUT2D eigenvalue weighted by Gasteiger charge is 2.38. The number of aliphatic hydroxyl groups excluding tert-OH is 1. The largest absolute Gasteiger partial charge is 0.390 e. The van der Waals surface area contributed by atoms with E-state index >= 15 is 0 Å². The first kappa shape index (κ1) is 21.9. The van der Waals surface area contributed by atoms with Gasteiger partial charge in [-0.25, -0.2) is 0 Å². The lowest BCUT2D eigenvalue weighted by atomic mass is 10.1. The summed E-state index contributed by atoms with van der Waals surface area (Å²) in [6.45, 7) is 5.21. The molecule has 0 saturated carbocycles. The molecule has 1 amide bonds. The van der Waals surface area contributed by atoms with E-state index in [1.54, 1.807) is 29.2 Å². The highest BCUT2D eigenvalue weighted by atomic mass is 35.5. The second kappa shape index (κ2) is 9.43. The Labute approximate surface area is 191 Å². The zero-order chi connectivity index (χ0) is 21.3. The van der Waals surface area contributed by atoms with Gasteiger partial charge in [0.25, 0.3) is 5.91 Å². The third kappa shape index (κ3) is 4.93. The Bertz CT molecular complexity index is 901. The predicted octanol–water partition coefficient (Wildman–Crippen LogP) is 3.65. The number of hydrogen-bond donors (Lipinski definition) is 1. The number of β-amino-alcohol motifs (C(OH)–C–C–N with tert-alkyl or cyclic N) is 1. The minimum absolute atomic E-state index is 0.0339. The van der Waals surface area contributed by atoms with Crippen molar-refractivity contribution < 1.29 is 9.90 Å². The first-order valence-electron chi connectivity index (χ1n) is 10.0. The third-order valence-electron chi connectivity index (χ3n) is 5.90. The molecule has 4 rings (SSSR count). The first-order valence-corrected chi connectivity index (χ1v) is 11.2. The number of likely N-dealkylation sites (tertiary alicyclic amines) is 1. The molecule has 2 aromatic carbocycles. The second-order valence-electron chi connectivity index (χ2n) is 7.91. The van der Waals surface area contributed by atoms with Crippen molar-refractivity contribution in [3.05, 3.63) is 68.7 Å². The van der Waals surface area contributed by atoms with Gasteiger partial charge in [0.2, 0.25) is 0 Å². The Morgan fingerprint density at radius 2 is 1.63 bits per heavy atom. The molecule has 0 unspecified atom stereocenters. The quantitative estimate of drug-likeness (QED) is 0.744. The molecular weight excluding hydrogens is 445 g/mol. The molecule has 30 heavy (non-hydrogen) atoms. The summed E-state index contributed by atoms with van der Waals surface area (Å²) in [7, 11) is 0. The molecule has 2 saturated heterocycles. The van der Waals surface area contributed by atoms with Crippen LogP contribution in [-0.4, -0.2) is 77.1 Å². The molecule has 2 fully saturated rings. The van der Waals surface area contributed by atoms with Crippen molar-refractivity contribution in [1.82, 2.24) is 14.7 Å². The van der Waals surface area contributed by atoms with E-state index in [0.717, 1.165) is 38.3 Å².